The monoisotopic (exact) mass is 659 g/mol. The van der Waals surface area contributed by atoms with E-state index >= 15 is 0 Å². The summed E-state index contributed by atoms with van der Waals surface area (Å²) in [6, 6.07) is 10.2. The summed E-state index contributed by atoms with van der Waals surface area (Å²) < 4.78 is 23.2. The van der Waals surface area contributed by atoms with E-state index in [1.54, 1.807) is 18.2 Å². The first-order chi connectivity index (χ1) is 23.2. The van der Waals surface area contributed by atoms with Gasteiger partial charge in [-0.05, 0) is 59.0 Å². The van der Waals surface area contributed by atoms with Crippen LogP contribution >= 0.6 is 0 Å². The third-order valence-electron chi connectivity index (χ3n) is 10.1. The second-order valence-corrected chi connectivity index (χ2v) is 12.9. The van der Waals surface area contributed by atoms with Crippen LogP contribution in [0.2, 0.25) is 0 Å². The number of hydrogen-bond acceptors (Lipinski definition) is 11. The molecule has 0 spiro atoms. The number of benzene rings is 3. The quantitative estimate of drug-likeness (QED) is 0.260. The summed E-state index contributed by atoms with van der Waals surface area (Å²) in [4.78, 5) is 29.3. The number of fused-ring (bicyclic) bond motifs is 4. The number of ketones is 1. The van der Waals surface area contributed by atoms with Gasteiger partial charge >= 0.3 is 0 Å². The lowest BCUT2D eigenvalue weighted by molar-refractivity contribution is -0.326. The Balaban J connectivity index is 1.45. The summed E-state index contributed by atoms with van der Waals surface area (Å²) in [7, 11) is 1.45. The van der Waals surface area contributed by atoms with Crippen LogP contribution in [-0.2, 0) is 22.4 Å². The van der Waals surface area contributed by atoms with Crippen molar-refractivity contribution in [3.63, 3.8) is 0 Å². The molecule has 5 atom stereocenters. The van der Waals surface area contributed by atoms with Crippen molar-refractivity contribution in [1.29, 1.82) is 0 Å². The average Bonchev–Trinajstić information content (AvgIpc) is 3.73. The number of aliphatic hydroxyl groups excluding tert-OH is 3. The molecule has 1 amide bonds. The number of carbonyl (C=O) groups is 2. The molecule has 1 aliphatic carbocycles. The van der Waals surface area contributed by atoms with Crippen molar-refractivity contribution < 1.29 is 54.1 Å². The van der Waals surface area contributed by atoms with Crippen LogP contribution < -0.4 is 9.47 Å². The fourth-order valence-electron chi connectivity index (χ4n) is 7.49. The van der Waals surface area contributed by atoms with Crippen LogP contribution in [0.1, 0.15) is 69.0 Å². The number of amides is 1. The molecular weight excluding hydrogens is 622 g/mol. The van der Waals surface area contributed by atoms with Crippen LogP contribution in [-0.4, -0.2) is 99.2 Å². The van der Waals surface area contributed by atoms with Crippen LogP contribution in [0.3, 0.4) is 0 Å². The van der Waals surface area contributed by atoms with Crippen molar-refractivity contribution in [3.8, 4) is 29.3 Å². The molecule has 48 heavy (non-hydrogen) atoms. The Morgan fingerprint density at radius 2 is 1.90 bits per heavy atom. The van der Waals surface area contributed by atoms with Gasteiger partial charge in [-0.3, -0.25) is 9.59 Å². The number of aliphatic hydroxyl groups is 4. The highest BCUT2D eigenvalue weighted by atomic mass is 16.7. The van der Waals surface area contributed by atoms with Crippen LogP contribution in [0.15, 0.2) is 36.4 Å². The molecule has 12 heteroatoms. The second-order valence-electron chi connectivity index (χ2n) is 12.9. The highest BCUT2D eigenvalue weighted by molar-refractivity contribution is 6.11. The van der Waals surface area contributed by atoms with Gasteiger partial charge in [0.05, 0.1) is 37.8 Å². The SMILES string of the molecule is COc1cc2c3c(O)c(c(C4CCCC4)cc3c1)C(=O)CN1Cc3c(cccc3C1=O)CC#CO[C@H]1[C@H](O)[C@@H](CO)O[C@H](O2)[C@@]1(O)CO. The van der Waals surface area contributed by atoms with Gasteiger partial charge in [-0.15, -0.1) is 0 Å². The van der Waals surface area contributed by atoms with Crippen molar-refractivity contribution in [2.24, 2.45) is 0 Å². The molecule has 1 saturated carbocycles. The standard InChI is InChI=1S/C36H37NO11/c1-45-22-12-21-13-24(19-6-2-3-7-19)30-26(40)16-37-15-25-20(8-4-10-23(25)34(37)43)9-5-11-46-33-31(41)28(17-38)48-35(36(33,44)18-39)47-27(14-22)29(21)32(30)42/h4,8,10,12-14,19,28,31,33,35,38-39,41-42,44H,2-3,6-7,9,15-18H2,1H3/t28-,31-,33+,35+,36-/m1/s1. The normalized spacial score (nSPS) is 27.2. The number of rotatable bonds is 4. The Morgan fingerprint density at radius 3 is 2.62 bits per heavy atom. The first-order valence-electron chi connectivity index (χ1n) is 16.1. The zero-order valence-corrected chi connectivity index (χ0v) is 26.3. The maximum atomic E-state index is 14.3. The van der Waals surface area contributed by atoms with Gasteiger partial charge in [0.15, 0.2) is 17.5 Å². The van der Waals surface area contributed by atoms with Crippen molar-refractivity contribution in [1.82, 2.24) is 4.90 Å². The first-order valence-corrected chi connectivity index (χ1v) is 16.1. The zero-order chi connectivity index (χ0) is 33.7. The minimum atomic E-state index is -2.42. The number of Topliss-reactive ketones (excluding diaryl/α,β-unsaturated/α-hetero) is 1. The largest absolute Gasteiger partial charge is 0.506 e. The van der Waals surface area contributed by atoms with Gasteiger partial charge in [-0.25, -0.2) is 0 Å². The number of aromatic hydroxyl groups is 1. The van der Waals surface area contributed by atoms with Crippen molar-refractivity contribution in [2.75, 3.05) is 26.9 Å². The van der Waals surface area contributed by atoms with Gasteiger partial charge < -0.3 is 49.4 Å². The lowest BCUT2D eigenvalue weighted by atomic mass is 9.86. The number of phenolic OH excluding ortho intramolecular Hbond substituents is 1. The molecule has 4 aliphatic rings. The highest BCUT2D eigenvalue weighted by Crippen LogP contribution is 2.47. The van der Waals surface area contributed by atoms with Crippen LogP contribution in [0.25, 0.3) is 10.8 Å². The number of hydrogen-bond donors (Lipinski definition) is 5. The molecule has 3 aliphatic heterocycles. The van der Waals surface area contributed by atoms with E-state index in [-0.39, 0.29) is 53.8 Å². The van der Waals surface area contributed by atoms with Crippen molar-refractivity contribution in [2.45, 2.75) is 74.8 Å². The number of carbonyl (C=O) groups excluding carboxylic acids is 2. The molecule has 5 N–H and O–H groups in total. The third kappa shape index (κ3) is 5.23. The smallest absolute Gasteiger partial charge is 0.254 e. The number of methoxy groups -OCH3 is 1. The van der Waals surface area contributed by atoms with Gasteiger partial charge in [0.2, 0.25) is 6.29 Å². The van der Waals surface area contributed by atoms with Gasteiger partial charge in [0.25, 0.3) is 5.91 Å². The Morgan fingerprint density at radius 1 is 1.10 bits per heavy atom. The van der Waals surface area contributed by atoms with Crippen LogP contribution in [0, 0.1) is 12.0 Å². The first kappa shape index (κ1) is 32.2. The lowest BCUT2D eigenvalue weighted by Crippen LogP contribution is -2.70. The van der Waals surface area contributed by atoms with E-state index in [9.17, 15) is 35.1 Å². The van der Waals surface area contributed by atoms with Crippen LogP contribution in [0.5, 0.6) is 17.2 Å². The van der Waals surface area contributed by atoms with Crippen molar-refractivity contribution >= 4 is 22.5 Å². The fraction of sp³-hybridized carbons (Fsp3) is 0.444. The Labute approximate surface area is 276 Å². The van der Waals surface area contributed by atoms with E-state index in [0.29, 0.717) is 27.8 Å². The minimum absolute atomic E-state index is 0.00445. The van der Waals surface area contributed by atoms with Crippen molar-refractivity contribution in [3.05, 3.63) is 64.2 Å². The molecule has 0 unspecified atom stereocenters. The molecule has 0 aromatic heterocycles. The predicted octanol–water partition coefficient (Wildman–Crippen LogP) is 2.13. The molecule has 252 valence electrons. The average molecular weight is 660 g/mol. The van der Waals surface area contributed by atoms with E-state index < -0.39 is 49.2 Å². The number of ether oxygens (including phenoxy) is 4. The summed E-state index contributed by atoms with van der Waals surface area (Å²) >= 11 is 0. The number of nitrogens with zero attached hydrogens (tertiary/aromatic N) is 1. The molecule has 2 fully saturated rings. The molecule has 12 nitrogen and oxygen atoms in total. The molecular formula is C36H37NO11. The maximum absolute atomic E-state index is 14.3. The Hall–Kier alpha value is -4.38. The van der Waals surface area contributed by atoms with Gasteiger partial charge in [0, 0.05) is 24.6 Å². The van der Waals surface area contributed by atoms with Gasteiger partial charge in [-0.2, -0.15) is 0 Å². The predicted molar refractivity (Wildman–Crippen MR) is 170 cm³/mol. The van der Waals surface area contributed by atoms with E-state index in [1.165, 1.54) is 18.1 Å². The third-order valence-corrected chi connectivity index (χ3v) is 10.1. The van der Waals surface area contributed by atoms with Gasteiger partial charge in [-0.1, -0.05) is 30.9 Å². The molecule has 0 radical (unpaired) electrons. The molecule has 6 bridgehead atoms. The lowest BCUT2D eigenvalue weighted by Gasteiger charge is -2.47. The van der Waals surface area contributed by atoms with E-state index in [1.807, 2.05) is 12.1 Å². The molecule has 3 aromatic carbocycles. The van der Waals surface area contributed by atoms with E-state index in [4.69, 9.17) is 18.9 Å². The zero-order valence-electron chi connectivity index (χ0n) is 26.3. The summed E-state index contributed by atoms with van der Waals surface area (Å²) in [5.41, 5.74) is 0.211. The summed E-state index contributed by atoms with van der Waals surface area (Å²) in [6.07, 6.45) is -0.0988. The highest BCUT2D eigenvalue weighted by Gasteiger charge is 2.58. The minimum Gasteiger partial charge on any atom is -0.506 e. The summed E-state index contributed by atoms with van der Waals surface area (Å²) in [6.45, 7) is -1.81. The molecule has 3 heterocycles. The fourth-order valence-corrected chi connectivity index (χ4v) is 7.49. The maximum Gasteiger partial charge on any atom is 0.254 e. The molecule has 3 aromatic rings. The summed E-state index contributed by atoms with van der Waals surface area (Å²) in [5, 5.41) is 56.0. The van der Waals surface area contributed by atoms with E-state index in [2.05, 4.69) is 12.0 Å². The van der Waals surface area contributed by atoms with Crippen LogP contribution in [0.4, 0.5) is 0 Å². The Kier molecular flexibility index (Phi) is 8.43. The van der Waals surface area contributed by atoms with E-state index in [0.717, 1.165) is 31.2 Å². The van der Waals surface area contributed by atoms with Gasteiger partial charge in [0.1, 0.15) is 35.6 Å². The summed E-state index contributed by atoms with van der Waals surface area (Å²) in [5.74, 6) is 1.98. The Bertz CT molecular complexity index is 1840. The second kappa shape index (κ2) is 12.6. The number of phenols is 1. The molecule has 1 saturated heterocycles. The topological polar surface area (TPSA) is 175 Å². The molecule has 7 rings (SSSR count).